The Morgan fingerprint density at radius 2 is 1.44 bits per heavy atom. The van der Waals surface area contributed by atoms with Gasteiger partial charge in [0.15, 0.2) is 0 Å². The maximum atomic E-state index is 10.4. The zero-order chi connectivity index (χ0) is 12.9. The normalized spacial score (nSPS) is 11.9. The molecule has 0 bridgehead atoms. The van der Waals surface area contributed by atoms with Crippen molar-refractivity contribution in [3.8, 4) is 0 Å². The fourth-order valence-corrected chi connectivity index (χ4v) is 2.04. The average Bonchev–Trinajstić information content (AvgIpc) is 2.26. The third-order valence-electron chi connectivity index (χ3n) is 3.12. The van der Waals surface area contributed by atoms with E-state index in [2.05, 4.69) is 6.92 Å². The van der Waals surface area contributed by atoms with Gasteiger partial charge in [-0.1, -0.05) is 64.7 Å². The summed E-state index contributed by atoms with van der Waals surface area (Å²) in [5.41, 5.74) is 5.69. The number of carbonyl (C=O) groups is 1. The molecule has 0 aromatic heterocycles. The Balaban J connectivity index is 0. The summed E-state index contributed by atoms with van der Waals surface area (Å²) < 4.78 is 0. The quantitative estimate of drug-likeness (QED) is 0.422. The number of carboxylic acids is 1. The van der Waals surface area contributed by atoms with E-state index < -0.39 is 5.97 Å². The minimum absolute atomic E-state index is 0. The fourth-order valence-electron chi connectivity index (χ4n) is 2.04. The second-order valence-corrected chi connectivity index (χ2v) is 4.98. The summed E-state index contributed by atoms with van der Waals surface area (Å²) in [5, 5.41) is 8.55. The molecule has 104 valence electrons. The van der Waals surface area contributed by atoms with Gasteiger partial charge in [0.2, 0.25) is 0 Å². The Morgan fingerprint density at radius 3 is 1.89 bits per heavy atom. The fraction of sp³-hybridized carbons (Fsp3) is 0.929. The molecule has 0 fully saturated rings. The molecule has 0 aromatic rings. The van der Waals surface area contributed by atoms with Crippen LogP contribution in [0.5, 0.6) is 0 Å². The van der Waals surface area contributed by atoms with Crippen LogP contribution in [0.4, 0.5) is 0 Å². The molecule has 0 aliphatic rings. The van der Waals surface area contributed by atoms with Crippen molar-refractivity contribution < 1.29 is 9.90 Å². The van der Waals surface area contributed by atoms with E-state index in [0.29, 0.717) is 0 Å². The van der Waals surface area contributed by atoms with Crippen molar-refractivity contribution in [1.82, 2.24) is 0 Å². The van der Waals surface area contributed by atoms with E-state index >= 15 is 0 Å². The first-order chi connectivity index (χ1) is 8.16. The van der Waals surface area contributed by atoms with Crippen molar-refractivity contribution in [3.05, 3.63) is 0 Å². The Bertz CT molecular complexity index is 189. The van der Waals surface area contributed by atoms with E-state index in [1.807, 2.05) is 0 Å². The Hall–Kier alpha value is 0.430. The molecule has 0 radical (unpaired) electrons. The van der Waals surface area contributed by atoms with Crippen LogP contribution in [0.1, 0.15) is 77.6 Å². The summed E-state index contributed by atoms with van der Waals surface area (Å²) in [6.07, 6.45) is 12.6. The van der Waals surface area contributed by atoms with E-state index in [-0.39, 0.29) is 42.0 Å². The Kier molecular flexibility index (Phi) is 17.8. The Morgan fingerprint density at radius 1 is 1.00 bits per heavy atom. The van der Waals surface area contributed by atoms with Gasteiger partial charge in [0.1, 0.15) is 0 Å². The van der Waals surface area contributed by atoms with Crippen LogP contribution in [0, 0.1) is 0 Å². The van der Waals surface area contributed by atoms with Gasteiger partial charge in [0, 0.05) is 6.04 Å². The van der Waals surface area contributed by atoms with E-state index in [1.54, 1.807) is 0 Å². The molecule has 3 nitrogen and oxygen atoms in total. The third-order valence-corrected chi connectivity index (χ3v) is 3.12. The number of hydrogen-bond acceptors (Lipinski definition) is 2. The summed E-state index contributed by atoms with van der Waals surface area (Å²) in [7, 11) is 0. The van der Waals surface area contributed by atoms with E-state index in [4.69, 9.17) is 10.8 Å². The molecule has 3 N–H and O–H groups in total. The molecule has 0 saturated carbocycles. The van der Waals surface area contributed by atoms with Crippen molar-refractivity contribution >= 4 is 35.5 Å². The average molecular weight is 267 g/mol. The molecule has 0 saturated heterocycles. The maximum absolute atomic E-state index is 10.4. The van der Waals surface area contributed by atoms with E-state index in [1.165, 1.54) is 51.4 Å². The first-order valence-corrected chi connectivity index (χ1v) is 7.14. The summed E-state index contributed by atoms with van der Waals surface area (Å²) >= 11 is 0. The van der Waals surface area contributed by atoms with Gasteiger partial charge in [0.25, 0.3) is 0 Å². The van der Waals surface area contributed by atoms with Crippen molar-refractivity contribution in [1.29, 1.82) is 0 Å². The molecule has 0 amide bonds. The summed E-state index contributed by atoms with van der Waals surface area (Å²) in [6, 6.07) is -0.156. The first kappa shape index (κ1) is 20.7. The van der Waals surface area contributed by atoms with E-state index in [9.17, 15) is 4.79 Å². The zero-order valence-electron chi connectivity index (χ0n) is 11.3. The molecule has 4 heteroatoms. The SMILES string of the molecule is CCCCCCCCCCCC(N)CC(=O)O.[NaH]. The number of nitrogens with two attached hydrogens (primary N) is 1. The zero-order valence-corrected chi connectivity index (χ0v) is 11.3. The second-order valence-electron chi connectivity index (χ2n) is 4.98. The molecule has 1 atom stereocenters. The van der Waals surface area contributed by atoms with Crippen LogP contribution in [-0.2, 0) is 4.79 Å². The topological polar surface area (TPSA) is 63.3 Å². The minimum atomic E-state index is -0.784. The van der Waals surface area contributed by atoms with Gasteiger partial charge in [-0.25, -0.2) is 0 Å². The molecule has 0 aliphatic carbocycles. The first-order valence-electron chi connectivity index (χ1n) is 7.14. The van der Waals surface area contributed by atoms with Gasteiger partial charge in [0.05, 0.1) is 6.42 Å². The van der Waals surface area contributed by atoms with Gasteiger partial charge in [-0.3, -0.25) is 4.79 Å². The predicted octanol–water partition coefficient (Wildman–Crippen LogP) is 3.06. The number of hydrogen-bond donors (Lipinski definition) is 2. The molecule has 0 rings (SSSR count). The second kappa shape index (κ2) is 15.5. The number of aliphatic carboxylic acids is 1. The van der Waals surface area contributed by atoms with Crippen molar-refractivity contribution in [2.45, 2.75) is 83.6 Å². The van der Waals surface area contributed by atoms with Gasteiger partial charge >= 0.3 is 35.5 Å². The predicted molar refractivity (Wildman–Crippen MR) is 79.2 cm³/mol. The molecular formula is C14H30NNaO2. The van der Waals surface area contributed by atoms with Gasteiger partial charge in [-0.05, 0) is 6.42 Å². The molecule has 0 heterocycles. The van der Waals surface area contributed by atoms with E-state index in [0.717, 1.165) is 12.8 Å². The molecule has 0 spiro atoms. The van der Waals surface area contributed by atoms with Crippen molar-refractivity contribution in [2.24, 2.45) is 5.73 Å². The third kappa shape index (κ3) is 16.4. The van der Waals surface area contributed by atoms with Crippen LogP contribution in [0.25, 0.3) is 0 Å². The molecule has 0 aromatic carbocycles. The van der Waals surface area contributed by atoms with Crippen molar-refractivity contribution in [3.63, 3.8) is 0 Å². The number of carboxylic acid groups (broad SMARTS) is 1. The van der Waals surface area contributed by atoms with Crippen LogP contribution >= 0.6 is 0 Å². The van der Waals surface area contributed by atoms with Crippen LogP contribution < -0.4 is 5.73 Å². The summed E-state index contributed by atoms with van der Waals surface area (Å²) in [4.78, 5) is 10.4. The molecule has 18 heavy (non-hydrogen) atoms. The van der Waals surface area contributed by atoms with Gasteiger partial charge in [-0.15, -0.1) is 0 Å². The van der Waals surface area contributed by atoms with Crippen LogP contribution in [-0.4, -0.2) is 46.7 Å². The summed E-state index contributed by atoms with van der Waals surface area (Å²) in [5.74, 6) is -0.784. The Labute approximate surface area is 134 Å². The van der Waals surface area contributed by atoms with Gasteiger partial charge in [-0.2, -0.15) is 0 Å². The summed E-state index contributed by atoms with van der Waals surface area (Å²) in [6.45, 7) is 2.24. The van der Waals surface area contributed by atoms with Crippen LogP contribution in [0.15, 0.2) is 0 Å². The molecule has 0 aliphatic heterocycles. The molecular weight excluding hydrogens is 237 g/mol. The monoisotopic (exact) mass is 267 g/mol. The number of unbranched alkanes of at least 4 members (excludes halogenated alkanes) is 8. The van der Waals surface area contributed by atoms with Crippen LogP contribution in [0.2, 0.25) is 0 Å². The van der Waals surface area contributed by atoms with Crippen molar-refractivity contribution in [2.75, 3.05) is 0 Å². The molecule has 1 unspecified atom stereocenters. The van der Waals surface area contributed by atoms with Gasteiger partial charge < -0.3 is 10.8 Å². The standard InChI is InChI=1S/C14H29NO2.Na.H/c1-2-3-4-5-6-7-8-9-10-11-13(15)12-14(16)17;;/h13H,2-12,15H2,1H3,(H,16,17);;. The van der Waals surface area contributed by atoms with Crippen LogP contribution in [0.3, 0.4) is 0 Å². The number of rotatable bonds is 12.